The molecule has 0 saturated carbocycles. The van der Waals surface area contributed by atoms with Crippen molar-refractivity contribution in [3.8, 4) is 0 Å². The van der Waals surface area contributed by atoms with Crippen LogP contribution >= 0.6 is 0 Å². The van der Waals surface area contributed by atoms with E-state index >= 15 is 0 Å². The van der Waals surface area contributed by atoms with Crippen molar-refractivity contribution in [2.24, 2.45) is 5.10 Å². The molecule has 7 nitrogen and oxygen atoms in total. The Bertz CT molecular complexity index is 827. The van der Waals surface area contributed by atoms with E-state index in [9.17, 15) is 9.59 Å². The largest absolute Gasteiger partial charge is 0.462 e. The van der Waals surface area contributed by atoms with Gasteiger partial charge in [0.1, 0.15) is 11.3 Å². The molecule has 2 aromatic rings. The third-order valence-electron chi connectivity index (χ3n) is 3.69. The number of para-hydroxylation sites is 1. The maximum atomic E-state index is 12.5. The fourth-order valence-corrected chi connectivity index (χ4v) is 2.55. The number of carbonyl (C=O) groups is 1. The Labute approximate surface area is 139 Å². The quantitative estimate of drug-likeness (QED) is 0.686. The molecule has 7 heteroatoms. The topological polar surface area (TPSA) is 85.6 Å². The second-order valence-corrected chi connectivity index (χ2v) is 5.31. The molecule has 0 amide bonds. The van der Waals surface area contributed by atoms with Gasteiger partial charge in [-0.15, -0.1) is 0 Å². The Morgan fingerprint density at radius 2 is 2.17 bits per heavy atom. The van der Waals surface area contributed by atoms with E-state index in [1.54, 1.807) is 6.92 Å². The molecule has 0 saturated heterocycles. The summed E-state index contributed by atoms with van der Waals surface area (Å²) < 4.78 is 6.38. The van der Waals surface area contributed by atoms with Crippen LogP contribution in [0, 0.1) is 0 Å². The van der Waals surface area contributed by atoms with Crippen molar-refractivity contribution < 1.29 is 9.53 Å². The number of anilines is 1. The Morgan fingerprint density at radius 1 is 1.38 bits per heavy atom. The molecule has 124 valence electrons. The summed E-state index contributed by atoms with van der Waals surface area (Å²) in [4.78, 5) is 28.6. The highest BCUT2D eigenvalue weighted by Crippen LogP contribution is 2.13. The third-order valence-corrected chi connectivity index (χ3v) is 3.69. The lowest BCUT2D eigenvalue weighted by Gasteiger charge is -2.19. The summed E-state index contributed by atoms with van der Waals surface area (Å²) in [5, 5.41) is 4.38. The summed E-state index contributed by atoms with van der Waals surface area (Å²) >= 11 is 0. The standard InChI is InChI=1S/C17H18N4O3/c1-2-24-17(23)13-11-18-15-14(9-6-10-21(15)16(13)22)20-19-12-7-4-3-5-8-12/h3-5,7-8,11,19H,2,6,9-10H2,1H3/b20-14+. The minimum absolute atomic E-state index is 0.0436. The normalized spacial score (nSPS) is 15.0. The molecule has 0 fully saturated rings. The van der Waals surface area contributed by atoms with Gasteiger partial charge in [0, 0.05) is 12.7 Å². The zero-order valence-electron chi connectivity index (χ0n) is 13.4. The second-order valence-electron chi connectivity index (χ2n) is 5.31. The highest BCUT2D eigenvalue weighted by atomic mass is 16.5. The highest BCUT2D eigenvalue weighted by molar-refractivity contribution is 5.99. The van der Waals surface area contributed by atoms with E-state index in [1.807, 2.05) is 30.3 Å². The molecule has 1 aliphatic rings. The van der Waals surface area contributed by atoms with Crippen LogP contribution in [-0.2, 0) is 11.3 Å². The van der Waals surface area contributed by atoms with E-state index in [-0.39, 0.29) is 17.7 Å². The lowest BCUT2D eigenvalue weighted by molar-refractivity contribution is 0.0522. The average molecular weight is 326 g/mol. The molecule has 1 aliphatic heterocycles. The summed E-state index contributed by atoms with van der Waals surface area (Å²) in [7, 11) is 0. The first-order valence-corrected chi connectivity index (χ1v) is 7.85. The van der Waals surface area contributed by atoms with Gasteiger partial charge in [-0.2, -0.15) is 5.10 Å². The van der Waals surface area contributed by atoms with Gasteiger partial charge >= 0.3 is 5.97 Å². The number of hydrogen-bond acceptors (Lipinski definition) is 6. The lowest BCUT2D eigenvalue weighted by atomic mass is 10.1. The van der Waals surface area contributed by atoms with Crippen molar-refractivity contribution in [3.63, 3.8) is 0 Å². The Hall–Kier alpha value is -2.96. The van der Waals surface area contributed by atoms with E-state index in [1.165, 1.54) is 10.8 Å². The number of hydrogen-bond donors (Lipinski definition) is 1. The minimum atomic E-state index is -0.642. The summed E-state index contributed by atoms with van der Waals surface area (Å²) in [6.45, 7) is 2.42. The number of nitrogens with one attached hydrogen (secondary N) is 1. The summed E-state index contributed by atoms with van der Waals surface area (Å²) in [6.07, 6.45) is 2.75. The number of hydrazone groups is 1. The van der Waals surface area contributed by atoms with Gasteiger partial charge in [-0.05, 0) is 31.9 Å². The van der Waals surface area contributed by atoms with Crippen molar-refractivity contribution in [1.82, 2.24) is 9.55 Å². The predicted molar refractivity (Wildman–Crippen MR) is 90.3 cm³/mol. The number of ether oxygens (including phenoxy) is 1. The van der Waals surface area contributed by atoms with Crippen LogP contribution in [0.5, 0.6) is 0 Å². The molecule has 0 spiro atoms. The fraction of sp³-hybridized carbons (Fsp3) is 0.294. The number of carbonyl (C=O) groups excluding carboxylic acids is 1. The van der Waals surface area contributed by atoms with Gasteiger partial charge in [0.15, 0.2) is 5.82 Å². The first kappa shape index (κ1) is 15.9. The Kier molecular flexibility index (Phi) is 4.69. The SMILES string of the molecule is CCOC(=O)c1cnc2n(c1=O)CCC/C2=N\Nc1ccccc1. The number of benzene rings is 1. The first-order valence-electron chi connectivity index (χ1n) is 7.85. The number of aromatic nitrogens is 2. The molecular formula is C17H18N4O3. The Morgan fingerprint density at radius 3 is 2.92 bits per heavy atom. The van der Waals surface area contributed by atoms with Gasteiger partial charge in [-0.25, -0.2) is 9.78 Å². The minimum Gasteiger partial charge on any atom is -0.462 e. The van der Waals surface area contributed by atoms with E-state index < -0.39 is 5.97 Å². The number of fused-ring (bicyclic) bond motifs is 1. The number of rotatable bonds is 4. The van der Waals surface area contributed by atoms with Crippen LogP contribution in [0.15, 0.2) is 46.4 Å². The molecule has 24 heavy (non-hydrogen) atoms. The zero-order chi connectivity index (χ0) is 16.9. The first-order chi connectivity index (χ1) is 11.7. The van der Waals surface area contributed by atoms with Gasteiger partial charge in [0.25, 0.3) is 5.56 Å². The smallest absolute Gasteiger partial charge is 0.345 e. The van der Waals surface area contributed by atoms with Crippen LogP contribution < -0.4 is 11.0 Å². The summed E-state index contributed by atoms with van der Waals surface area (Å²) in [6, 6.07) is 9.54. The van der Waals surface area contributed by atoms with Crippen LogP contribution in [0.4, 0.5) is 5.69 Å². The number of nitrogens with zero attached hydrogens (tertiary/aromatic N) is 3. The van der Waals surface area contributed by atoms with Crippen LogP contribution in [0.2, 0.25) is 0 Å². The monoisotopic (exact) mass is 326 g/mol. The van der Waals surface area contributed by atoms with E-state index in [2.05, 4.69) is 15.5 Å². The maximum absolute atomic E-state index is 12.5. The summed E-state index contributed by atoms with van der Waals surface area (Å²) in [5.74, 6) is -0.153. The van der Waals surface area contributed by atoms with Gasteiger partial charge in [-0.1, -0.05) is 18.2 Å². The molecule has 0 bridgehead atoms. The molecule has 0 aliphatic carbocycles. The van der Waals surface area contributed by atoms with Crippen LogP contribution in [0.25, 0.3) is 0 Å². The highest BCUT2D eigenvalue weighted by Gasteiger charge is 2.22. The Balaban J connectivity index is 1.92. The van der Waals surface area contributed by atoms with Crippen molar-refractivity contribution in [1.29, 1.82) is 0 Å². The molecule has 0 radical (unpaired) electrons. The predicted octanol–water partition coefficient (Wildman–Crippen LogP) is 2.03. The van der Waals surface area contributed by atoms with Crippen LogP contribution in [0.1, 0.15) is 35.9 Å². The molecule has 1 N–H and O–H groups in total. The van der Waals surface area contributed by atoms with Crippen molar-refractivity contribution in [2.75, 3.05) is 12.0 Å². The zero-order valence-corrected chi connectivity index (χ0v) is 13.4. The fourth-order valence-electron chi connectivity index (χ4n) is 2.55. The van der Waals surface area contributed by atoms with Gasteiger partial charge in [-0.3, -0.25) is 14.8 Å². The molecule has 3 rings (SSSR count). The van der Waals surface area contributed by atoms with Crippen LogP contribution in [-0.4, -0.2) is 27.8 Å². The van der Waals surface area contributed by atoms with Crippen molar-refractivity contribution >= 4 is 17.4 Å². The summed E-state index contributed by atoms with van der Waals surface area (Å²) in [5.41, 5.74) is 4.09. The van der Waals surface area contributed by atoms with Crippen LogP contribution in [0.3, 0.4) is 0 Å². The van der Waals surface area contributed by atoms with E-state index in [0.29, 0.717) is 24.5 Å². The van der Waals surface area contributed by atoms with Gasteiger partial charge in [0.05, 0.1) is 12.3 Å². The van der Waals surface area contributed by atoms with Gasteiger partial charge in [0.2, 0.25) is 0 Å². The lowest BCUT2D eigenvalue weighted by Crippen LogP contribution is -2.35. The molecular weight excluding hydrogens is 308 g/mol. The molecule has 0 unspecified atom stereocenters. The molecule has 1 aromatic heterocycles. The maximum Gasteiger partial charge on any atom is 0.345 e. The molecule has 0 atom stereocenters. The number of esters is 1. The average Bonchev–Trinajstić information content (AvgIpc) is 2.61. The van der Waals surface area contributed by atoms with E-state index in [4.69, 9.17) is 4.74 Å². The van der Waals surface area contributed by atoms with Crippen molar-refractivity contribution in [2.45, 2.75) is 26.3 Å². The second kappa shape index (κ2) is 7.08. The molecule has 2 heterocycles. The van der Waals surface area contributed by atoms with Crippen molar-refractivity contribution in [3.05, 3.63) is 58.3 Å². The molecule has 1 aromatic carbocycles. The van der Waals surface area contributed by atoms with E-state index in [0.717, 1.165) is 12.1 Å². The van der Waals surface area contributed by atoms with Gasteiger partial charge < -0.3 is 4.74 Å². The third kappa shape index (κ3) is 3.19.